The lowest BCUT2D eigenvalue weighted by Crippen LogP contribution is -2.24. The van der Waals surface area contributed by atoms with E-state index in [0.29, 0.717) is 0 Å². The van der Waals surface area contributed by atoms with Gasteiger partial charge in [0.15, 0.2) is 0 Å². The predicted octanol–water partition coefficient (Wildman–Crippen LogP) is 10.7. The smallest absolute Gasteiger partial charge is 0.138 e. The van der Waals surface area contributed by atoms with Crippen molar-refractivity contribution in [1.29, 1.82) is 10.5 Å². The molecule has 0 spiro atoms. The highest BCUT2D eigenvalue weighted by Crippen LogP contribution is 2.53. The molecule has 0 radical (unpaired) electrons. The lowest BCUT2D eigenvalue weighted by molar-refractivity contribution is 0.635. The Morgan fingerprint density at radius 2 is 1.36 bits per heavy atom. The van der Waals surface area contributed by atoms with Crippen molar-refractivity contribution in [3.05, 3.63) is 131 Å². The summed E-state index contributed by atoms with van der Waals surface area (Å²) in [5, 5.41) is 23.5. The van der Waals surface area contributed by atoms with E-state index in [0.717, 1.165) is 38.3 Å². The topological polar surface area (TPSA) is 52.5 Å². The summed E-state index contributed by atoms with van der Waals surface area (Å²) in [6.07, 6.45) is 0. The van der Waals surface area contributed by atoms with Gasteiger partial charge in [0.1, 0.15) is 22.7 Å². The Morgan fingerprint density at radius 3 is 2.20 bits per heavy atom. The van der Waals surface area contributed by atoms with Gasteiger partial charge in [0.05, 0.1) is 11.0 Å². The number of hydrogen-bond acceptors (Lipinski definition) is 4. The van der Waals surface area contributed by atoms with Crippen molar-refractivity contribution < 1.29 is 0 Å². The predicted molar refractivity (Wildman–Crippen MR) is 182 cm³/mol. The van der Waals surface area contributed by atoms with Crippen LogP contribution < -0.4 is 0 Å². The zero-order valence-corrected chi connectivity index (χ0v) is 25.6. The molecule has 0 saturated heterocycles. The van der Waals surface area contributed by atoms with E-state index in [-0.39, 0.29) is 11.0 Å². The third kappa shape index (κ3) is 3.23. The summed E-state index contributed by atoms with van der Waals surface area (Å²) in [7, 11) is 0. The molecule has 3 nitrogen and oxygen atoms in total. The second kappa shape index (κ2) is 8.91. The van der Waals surface area contributed by atoms with E-state index in [4.69, 9.17) is 0 Å². The van der Waals surface area contributed by atoms with Gasteiger partial charge in [-0.3, -0.25) is 0 Å². The molecule has 0 N–H and O–H groups in total. The second-order valence-electron chi connectivity index (χ2n) is 12.0. The van der Waals surface area contributed by atoms with Crippen LogP contribution in [0.1, 0.15) is 36.1 Å². The van der Waals surface area contributed by atoms with Crippen LogP contribution in [0.25, 0.3) is 63.7 Å². The van der Waals surface area contributed by atoms with E-state index in [1.807, 2.05) is 29.5 Å². The van der Waals surface area contributed by atoms with Gasteiger partial charge in [-0.2, -0.15) is 10.5 Å². The Kier molecular flexibility index (Phi) is 5.13. The molecule has 0 fully saturated rings. The van der Waals surface area contributed by atoms with Crippen molar-refractivity contribution in [2.24, 2.45) is 0 Å². The SMILES string of the molecule is CC1(C)c2cc(-c3ccc(-c4ccc5c(c4)C(=C(C#N)C#N)c4ccccc4-5)s3)sc2-n2c3ccccc3c3cccc1c32. The van der Waals surface area contributed by atoms with Gasteiger partial charge in [-0.15, -0.1) is 22.7 Å². The Morgan fingerprint density at radius 1 is 0.636 bits per heavy atom. The van der Waals surface area contributed by atoms with Crippen LogP contribution in [0.3, 0.4) is 0 Å². The van der Waals surface area contributed by atoms with Crippen LogP contribution in [0, 0.1) is 22.7 Å². The minimum atomic E-state index is -0.120. The average Bonchev–Trinajstić information content (AvgIpc) is 3.84. The highest BCUT2D eigenvalue weighted by Gasteiger charge is 2.37. The van der Waals surface area contributed by atoms with E-state index in [9.17, 15) is 10.5 Å². The molecule has 7 aromatic rings. The van der Waals surface area contributed by atoms with E-state index >= 15 is 0 Å². The number of allylic oxidation sites excluding steroid dienone is 1. The van der Waals surface area contributed by atoms with Gasteiger partial charge in [0.2, 0.25) is 0 Å². The van der Waals surface area contributed by atoms with Crippen LogP contribution in [0.5, 0.6) is 0 Å². The van der Waals surface area contributed by atoms with Gasteiger partial charge in [-0.05, 0) is 69.3 Å². The van der Waals surface area contributed by atoms with Gasteiger partial charge in [-0.25, -0.2) is 0 Å². The molecular formula is C39H23N3S2. The molecule has 0 saturated carbocycles. The monoisotopic (exact) mass is 597 g/mol. The van der Waals surface area contributed by atoms with Crippen molar-refractivity contribution >= 4 is 50.1 Å². The second-order valence-corrected chi connectivity index (χ2v) is 14.1. The van der Waals surface area contributed by atoms with Crippen LogP contribution >= 0.6 is 22.7 Å². The van der Waals surface area contributed by atoms with Crippen LogP contribution in [0.15, 0.2) is 109 Å². The minimum absolute atomic E-state index is 0.120. The first-order valence-corrected chi connectivity index (χ1v) is 16.2. The number of hydrogen-bond donors (Lipinski definition) is 0. The molecule has 206 valence electrons. The number of aromatic nitrogens is 1. The fourth-order valence-corrected chi connectivity index (χ4v) is 9.67. The van der Waals surface area contributed by atoms with Crippen LogP contribution in [-0.2, 0) is 5.41 Å². The number of rotatable bonds is 2. The Balaban J connectivity index is 1.18. The van der Waals surface area contributed by atoms with Gasteiger partial charge in [0, 0.05) is 36.4 Å². The molecule has 2 aliphatic rings. The summed E-state index contributed by atoms with van der Waals surface area (Å²) in [5.74, 6) is 0. The number of thiophene rings is 2. The third-order valence-corrected chi connectivity index (χ3v) is 11.8. The normalized spacial score (nSPS) is 13.8. The highest BCUT2D eigenvalue weighted by atomic mass is 32.1. The maximum Gasteiger partial charge on any atom is 0.138 e. The lowest BCUT2D eigenvalue weighted by atomic mass is 9.76. The van der Waals surface area contributed by atoms with E-state index in [2.05, 4.69) is 115 Å². The summed E-state index contributed by atoms with van der Waals surface area (Å²) in [6, 6.07) is 41.1. The standard InChI is InChI=1S/C39H23N3S2/c1-39(2)30-12-7-11-28-26-9-5-6-13-32(26)42(37(28)30)38-31(39)19-35(44-38)34-17-16-33(43-34)22-14-15-25-24-8-3-4-10-27(24)36(29(25)18-22)23(20-40)21-41/h3-19H,1-2H3. The molecule has 0 amide bonds. The van der Waals surface area contributed by atoms with Crippen molar-refractivity contribution in [2.75, 3.05) is 0 Å². The van der Waals surface area contributed by atoms with Gasteiger partial charge in [-0.1, -0.05) is 86.6 Å². The van der Waals surface area contributed by atoms with Gasteiger partial charge in [0.25, 0.3) is 0 Å². The molecule has 4 aromatic carbocycles. The molecule has 3 aromatic heterocycles. The number of fused-ring (bicyclic) bond motifs is 8. The summed E-state index contributed by atoms with van der Waals surface area (Å²) >= 11 is 3.66. The molecule has 5 heteroatoms. The first-order valence-electron chi connectivity index (χ1n) is 14.6. The molecule has 0 atom stereocenters. The zero-order chi connectivity index (χ0) is 29.7. The molecular weight excluding hydrogens is 575 g/mol. The molecule has 1 aliphatic carbocycles. The fourth-order valence-electron chi connectivity index (χ4n) is 7.25. The lowest BCUT2D eigenvalue weighted by Gasteiger charge is -2.32. The maximum absolute atomic E-state index is 9.78. The first-order chi connectivity index (χ1) is 21.5. The third-order valence-electron chi connectivity index (χ3n) is 9.34. The maximum atomic E-state index is 9.78. The molecule has 4 heterocycles. The molecule has 0 bridgehead atoms. The summed E-state index contributed by atoms with van der Waals surface area (Å²) in [6.45, 7) is 4.70. The Labute approximate surface area is 262 Å². The molecule has 44 heavy (non-hydrogen) atoms. The molecule has 0 unspecified atom stereocenters. The summed E-state index contributed by atoms with van der Waals surface area (Å²) < 4.78 is 2.48. The van der Waals surface area contributed by atoms with Crippen molar-refractivity contribution in [3.63, 3.8) is 0 Å². The fraction of sp³-hybridized carbons (Fsp3) is 0.0769. The van der Waals surface area contributed by atoms with Crippen LogP contribution in [-0.4, -0.2) is 4.57 Å². The quantitative estimate of drug-likeness (QED) is 0.186. The summed E-state index contributed by atoms with van der Waals surface area (Å²) in [4.78, 5) is 3.67. The Hall–Kier alpha value is -5.20. The number of para-hydroxylation sites is 2. The van der Waals surface area contributed by atoms with Crippen molar-refractivity contribution in [3.8, 4) is 48.5 Å². The van der Waals surface area contributed by atoms with E-state index in [1.165, 1.54) is 47.7 Å². The van der Waals surface area contributed by atoms with Gasteiger partial charge >= 0.3 is 0 Å². The molecule has 9 rings (SSSR count). The zero-order valence-electron chi connectivity index (χ0n) is 24.0. The summed E-state index contributed by atoms with van der Waals surface area (Å²) in [5.41, 5.74) is 11.2. The molecule has 1 aliphatic heterocycles. The van der Waals surface area contributed by atoms with Crippen molar-refractivity contribution in [1.82, 2.24) is 4.57 Å². The van der Waals surface area contributed by atoms with Gasteiger partial charge < -0.3 is 4.57 Å². The average molecular weight is 598 g/mol. The number of benzene rings is 4. The highest BCUT2D eigenvalue weighted by molar-refractivity contribution is 7.25. The van der Waals surface area contributed by atoms with Crippen molar-refractivity contribution in [2.45, 2.75) is 19.3 Å². The first kappa shape index (κ1) is 25.3. The van der Waals surface area contributed by atoms with E-state index < -0.39 is 0 Å². The number of nitrogens with zero attached hydrogens (tertiary/aromatic N) is 3. The minimum Gasteiger partial charge on any atom is -0.300 e. The largest absolute Gasteiger partial charge is 0.300 e. The van der Waals surface area contributed by atoms with Crippen LogP contribution in [0.2, 0.25) is 0 Å². The van der Waals surface area contributed by atoms with Crippen LogP contribution in [0.4, 0.5) is 0 Å². The Bertz CT molecular complexity index is 2480. The van der Waals surface area contributed by atoms with E-state index in [1.54, 1.807) is 11.3 Å². The number of nitriles is 2.